The van der Waals surface area contributed by atoms with Gasteiger partial charge in [-0.15, -0.1) is 5.10 Å². The van der Waals surface area contributed by atoms with Gasteiger partial charge in [-0.3, -0.25) is 0 Å². The van der Waals surface area contributed by atoms with Gasteiger partial charge in [-0.25, -0.2) is 4.68 Å². The van der Waals surface area contributed by atoms with Crippen LogP contribution < -0.4 is 0 Å². The molecule has 0 saturated heterocycles. The molecule has 1 rings (SSSR count). The highest BCUT2D eigenvalue weighted by Gasteiger charge is 2.12. The Kier molecular flexibility index (Phi) is 22.5. The van der Waals surface area contributed by atoms with Crippen molar-refractivity contribution in [2.45, 2.75) is 86.6 Å². The van der Waals surface area contributed by atoms with Crippen LogP contribution >= 0.6 is 0 Å². The molecule has 1 aromatic rings. The summed E-state index contributed by atoms with van der Waals surface area (Å²) in [5.41, 5.74) is 1.67. The molecule has 1 aromatic heterocycles. The second-order valence-corrected chi connectivity index (χ2v) is 12.7. The number of hydrogen-bond donors (Lipinski definition) is 0. The summed E-state index contributed by atoms with van der Waals surface area (Å²) in [6, 6.07) is 0. The maximum Gasteiger partial charge on any atom is 0.0827 e. The molecule has 10 heteroatoms. The Labute approximate surface area is 250 Å². The third kappa shape index (κ3) is 27.4. The highest BCUT2D eigenvalue weighted by Crippen LogP contribution is 2.20. The van der Waals surface area contributed by atoms with Crippen molar-refractivity contribution in [1.29, 1.82) is 0 Å². The van der Waals surface area contributed by atoms with Gasteiger partial charge in [0.15, 0.2) is 0 Å². The maximum atomic E-state index is 5.62. The fraction of sp³-hybridized carbons (Fsp3) is 0.935. The molecule has 0 aliphatic carbocycles. The minimum Gasteiger partial charge on any atom is -0.379 e. The van der Waals surface area contributed by atoms with Crippen LogP contribution in [-0.2, 0) is 46.1 Å². The standard InChI is InChI=1S/C31H61N3O7/c1-30(2,3)11-10-29-28-34(33-32-29)13-17-38-21-23-40-25-27-41-26-24-39-22-19-36-15-9-7-8-14-35-18-20-37-16-12-31(4,5)6/h28H,7-27H2,1-6H3. The average Bonchev–Trinajstić information content (AvgIpc) is 3.36. The molecule has 0 amide bonds. The molecule has 10 nitrogen and oxygen atoms in total. The van der Waals surface area contributed by atoms with E-state index in [4.69, 9.17) is 33.2 Å². The van der Waals surface area contributed by atoms with Crippen LogP contribution in [0.2, 0.25) is 0 Å². The van der Waals surface area contributed by atoms with Gasteiger partial charge < -0.3 is 33.2 Å². The molecule has 0 unspecified atom stereocenters. The van der Waals surface area contributed by atoms with Crippen molar-refractivity contribution < 1.29 is 33.2 Å². The van der Waals surface area contributed by atoms with Crippen molar-refractivity contribution in [3.8, 4) is 0 Å². The van der Waals surface area contributed by atoms with Gasteiger partial charge in [-0.05, 0) is 49.4 Å². The summed E-state index contributed by atoms with van der Waals surface area (Å²) < 4.78 is 40.9. The summed E-state index contributed by atoms with van der Waals surface area (Å²) in [7, 11) is 0. The third-order valence-corrected chi connectivity index (χ3v) is 6.12. The first-order valence-corrected chi connectivity index (χ1v) is 15.6. The van der Waals surface area contributed by atoms with Crippen molar-refractivity contribution in [3.63, 3.8) is 0 Å². The van der Waals surface area contributed by atoms with Crippen LogP contribution in [0.5, 0.6) is 0 Å². The summed E-state index contributed by atoms with van der Waals surface area (Å²) in [4.78, 5) is 0. The van der Waals surface area contributed by atoms with Gasteiger partial charge in [0.25, 0.3) is 0 Å². The molecule has 1 heterocycles. The minimum absolute atomic E-state index is 0.306. The Morgan fingerprint density at radius 1 is 0.512 bits per heavy atom. The average molecular weight is 588 g/mol. The van der Waals surface area contributed by atoms with Crippen LogP contribution in [0.1, 0.15) is 79.3 Å². The zero-order chi connectivity index (χ0) is 30.1. The van der Waals surface area contributed by atoms with E-state index < -0.39 is 0 Å². The molecule has 0 saturated carbocycles. The molecule has 0 aliphatic heterocycles. The molecule has 0 fully saturated rings. The molecule has 0 atom stereocenters. The fourth-order valence-electron chi connectivity index (χ4n) is 3.49. The largest absolute Gasteiger partial charge is 0.379 e. The highest BCUT2D eigenvalue weighted by molar-refractivity contribution is 4.93. The first-order chi connectivity index (χ1) is 19.7. The van der Waals surface area contributed by atoms with E-state index in [9.17, 15) is 0 Å². The van der Waals surface area contributed by atoms with Crippen molar-refractivity contribution in [1.82, 2.24) is 15.0 Å². The molecule has 0 bridgehead atoms. The number of rotatable bonds is 28. The number of aryl methyl sites for hydroxylation is 1. The summed E-state index contributed by atoms with van der Waals surface area (Å²) in [6.45, 7) is 22.9. The van der Waals surface area contributed by atoms with Crippen LogP contribution in [0.4, 0.5) is 0 Å². The van der Waals surface area contributed by atoms with Gasteiger partial charge in [0, 0.05) is 26.0 Å². The lowest BCUT2D eigenvalue weighted by Crippen LogP contribution is -2.14. The predicted molar refractivity (Wildman–Crippen MR) is 161 cm³/mol. The van der Waals surface area contributed by atoms with Crippen LogP contribution in [0, 0.1) is 10.8 Å². The Balaban J connectivity index is 1.71. The number of ether oxygens (including phenoxy) is 7. The summed E-state index contributed by atoms with van der Waals surface area (Å²) in [5.74, 6) is 0. The summed E-state index contributed by atoms with van der Waals surface area (Å²) in [6.07, 6.45) is 8.33. The fourth-order valence-corrected chi connectivity index (χ4v) is 3.49. The van der Waals surface area contributed by atoms with Gasteiger partial charge >= 0.3 is 0 Å². The zero-order valence-corrected chi connectivity index (χ0v) is 27.1. The van der Waals surface area contributed by atoms with Crippen LogP contribution in [0.15, 0.2) is 6.20 Å². The second-order valence-electron chi connectivity index (χ2n) is 12.7. The first-order valence-electron chi connectivity index (χ1n) is 15.6. The molecule has 41 heavy (non-hydrogen) atoms. The highest BCUT2D eigenvalue weighted by atomic mass is 16.6. The molecule has 0 radical (unpaired) electrons. The van der Waals surface area contributed by atoms with Gasteiger partial charge in [-0.1, -0.05) is 46.8 Å². The third-order valence-electron chi connectivity index (χ3n) is 6.12. The Morgan fingerprint density at radius 2 is 0.927 bits per heavy atom. The second kappa shape index (κ2) is 24.3. The van der Waals surface area contributed by atoms with E-state index in [1.807, 2.05) is 10.9 Å². The first kappa shape index (κ1) is 37.9. The quantitative estimate of drug-likeness (QED) is 0.126. The van der Waals surface area contributed by atoms with E-state index >= 15 is 0 Å². The number of unbranched alkanes of at least 4 members (excludes halogenated alkanes) is 2. The Morgan fingerprint density at radius 3 is 1.39 bits per heavy atom. The Bertz CT molecular complexity index is 705. The normalized spacial score (nSPS) is 12.4. The van der Waals surface area contributed by atoms with E-state index in [1.165, 1.54) is 0 Å². The van der Waals surface area contributed by atoms with Crippen molar-refractivity contribution in [3.05, 3.63) is 11.9 Å². The monoisotopic (exact) mass is 587 g/mol. The van der Waals surface area contributed by atoms with E-state index in [0.717, 1.165) is 64.0 Å². The van der Waals surface area contributed by atoms with Crippen molar-refractivity contribution in [2.24, 2.45) is 10.8 Å². The molecular weight excluding hydrogens is 526 g/mol. The topological polar surface area (TPSA) is 95.3 Å². The van der Waals surface area contributed by atoms with Gasteiger partial charge in [0.05, 0.1) is 84.9 Å². The lowest BCUT2D eigenvalue weighted by molar-refractivity contribution is -0.0119. The van der Waals surface area contributed by atoms with E-state index in [2.05, 4.69) is 51.9 Å². The van der Waals surface area contributed by atoms with Gasteiger partial charge in [0.1, 0.15) is 0 Å². The summed E-state index contributed by atoms with van der Waals surface area (Å²) in [5, 5.41) is 8.40. The summed E-state index contributed by atoms with van der Waals surface area (Å²) >= 11 is 0. The SMILES string of the molecule is CC(C)(C)CCOCCOCCCCCOCCOCCOCCOCCOCCn1cc(CCC(C)(C)C)nn1. The van der Waals surface area contributed by atoms with Crippen LogP contribution in [0.3, 0.4) is 0 Å². The lowest BCUT2D eigenvalue weighted by atomic mass is 9.90. The van der Waals surface area contributed by atoms with Crippen molar-refractivity contribution in [2.75, 3.05) is 92.5 Å². The molecule has 0 spiro atoms. The van der Waals surface area contributed by atoms with E-state index in [1.54, 1.807) is 0 Å². The van der Waals surface area contributed by atoms with E-state index in [-0.39, 0.29) is 0 Å². The van der Waals surface area contributed by atoms with Gasteiger partial charge in [-0.2, -0.15) is 0 Å². The maximum absolute atomic E-state index is 5.62. The zero-order valence-electron chi connectivity index (χ0n) is 27.1. The lowest BCUT2D eigenvalue weighted by Gasteiger charge is -2.17. The number of nitrogens with zero attached hydrogens (tertiary/aromatic N) is 3. The molecule has 0 aromatic carbocycles. The molecule has 0 aliphatic rings. The predicted octanol–water partition coefficient (Wildman–Crippen LogP) is 4.98. The number of hydrogen-bond acceptors (Lipinski definition) is 9. The molecular formula is C31H61N3O7. The van der Waals surface area contributed by atoms with E-state index in [0.29, 0.717) is 90.1 Å². The Hall–Kier alpha value is -1.14. The van der Waals surface area contributed by atoms with Gasteiger partial charge in [0.2, 0.25) is 0 Å². The van der Waals surface area contributed by atoms with Crippen molar-refractivity contribution >= 4 is 0 Å². The minimum atomic E-state index is 0.306. The van der Waals surface area contributed by atoms with Crippen LogP contribution in [0.25, 0.3) is 0 Å². The molecule has 0 N–H and O–H groups in total. The smallest absolute Gasteiger partial charge is 0.0827 e. The van der Waals surface area contributed by atoms with Crippen LogP contribution in [-0.4, -0.2) is 107 Å². The molecule has 242 valence electrons. The number of aromatic nitrogens is 3.